The summed E-state index contributed by atoms with van der Waals surface area (Å²) in [5, 5.41) is 0.279. The molecule has 1 saturated heterocycles. The SMILES string of the molecule is CCN(CC)c1nc(Cl)nc(N2CCC(C)C2)n1. The van der Waals surface area contributed by atoms with Crippen molar-refractivity contribution < 1.29 is 0 Å². The van der Waals surface area contributed by atoms with Gasteiger partial charge in [-0.25, -0.2) is 0 Å². The Hall–Kier alpha value is -1.10. The van der Waals surface area contributed by atoms with Gasteiger partial charge in [0.05, 0.1) is 0 Å². The Kier molecular flexibility index (Phi) is 4.22. The van der Waals surface area contributed by atoms with E-state index >= 15 is 0 Å². The Bertz CT molecular complexity index is 407. The minimum atomic E-state index is 0.279. The van der Waals surface area contributed by atoms with Gasteiger partial charge in [-0.15, -0.1) is 0 Å². The molecule has 2 rings (SSSR count). The number of hydrogen-bond acceptors (Lipinski definition) is 5. The van der Waals surface area contributed by atoms with Gasteiger partial charge in [0.2, 0.25) is 17.2 Å². The zero-order valence-electron chi connectivity index (χ0n) is 11.2. The van der Waals surface area contributed by atoms with E-state index in [9.17, 15) is 0 Å². The van der Waals surface area contributed by atoms with Crippen molar-refractivity contribution >= 4 is 23.5 Å². The number of rotatable bonds is 4. The highest BCUT2D eigenvalue weighted by Gasteiger charge is 2.22. The molecule has 5 nitrogen and oxygen atoms in total. The predicted molar refractivity (Wildman–Crippen MR) is 74.4 cm³/mol. The smallest absolute Gasteiger partial charge is 0.231 e. The molecule has 0 spiro atoms. The lowest BCUT2D eigenvalue weighted by molar-refractivity contribution is 0.657. The summed E-state index contributed by atoms with van der Waals surface area (Å²) in [6, 6.07) is 0. The van der Waals surface area contributed by atoms with Crippen molar-refractivity contribution in [3.8, 4) is 0 Å². The maximum atomic E-state index is 6.01. The van der Waals surface area contributed by atoms with E-state index in [0.29, 0.717) is 17.8 Å². The summed E-state index contributed by atoms with van der Waals surface area (Å²) in [5.41, 5.74) is 0. The van der Waals surface area contributed by atoms with Crippen LogP contribution in [0.4, 0.5) is 11.9 Å². The van der Waals surface area contributed by atoms with Gasteiger partial charge in [0.1, 0.15) is 0 Å². The molecule has 6 heteroatoms. The maximum Gasteiger partial charge on any atom is 0.231 e. The molecule has 0 aromatic carbocycles. The molecule has 1 aliphatic heterocycles. The van der Waals surface area contributed by atoms with Crippen LogP contribution in [0.2, 0.25) is 5.28 Å². The highest BCUT2D eigenvalue weighted by atomic mass is 35.5. The molecule has 100 valence electrons. The van der Waals surface area contributed by atoms with Crippen molar-refractivity contribution in [1.82, 2.24) is 15.0 Å². The van der Waals surface area contributed by atoms with E-state index in [0.717, 1.165) is 26.2 Å². The van der Waals surface area contributed by atoms with E-state index in [1.54, 1.807) is 0 Å². The number of hydrogen-bond donors (Lipinski definition) is 0. The van der Waals surface area contributed by atoms with Crippen LogP contribution >= 0.6 is 11.6 Å². The molecule has 0 N–H and O–H groups in total. The summed E-state index contributed by atoms with van der Waals surface area (Å²) in [7, 11) is 0. The third kappa shape index (κ3) is 2.83. The summed E-state index contributed by atoms with van der Waals surface area (Å²) in [4.78, 5) is 17.3. The fourth-order valence-electron chi connectivity index (χ4n) is 2.24. The second-order valence-corrected chi connectivity index (χ2v) is 5.05. The molecule has 1 atom stereocenters. The molecule has 2 heterocycles. The average Bonchev–Trinajstić information content (AvgIpc) is 2.77. The van der Waals surface area contributed by atoms with E-state index in [1.165, 1.54) is 6.42 Å². The molecule has 0 bridgehead atoms. The summed E-state index contributed by atoms with van der Waals surface area (Å²) < 4.78 is 0. The van der Waals surface area contributed by atoms with Crippen LogP contribution in [0.3, 0.4) is 0 Å². The summed E-state index contributed by atoms with van der Waals surface area (Å²) >= 11 is 6.01. The van der Waals surface area contributed by atoms with E-state index in [4.69, 9.17) is 11.6 Å². The first-order valence-electron chi connectivity index (χ1n) is 6.55. The van der Waals surface area contributed by atoms with Gasteiger partial charge in [-0.1, -0.05) is 6.92 Å². The van der Waals surface area contributed by atoms with E-state index < -0.39 is 0 Å². The van der Waals surface area contributed by atoms with Crippen LogP contribution in [0.5, 0.6) is 0 Å². The van der Waals surface area contributed by atoms with Gasteiger partial charge in [0.15, 0.2) is 0 Å². The Balaban J connectivity index is 2.26. The monoisotopic (exact) mass is 269 g/mol. The number of halogens is 1. The zero-order valence-corrected chi connectivity index (χ0v) is 12.0. The van der Waals surface area contributed by atoms with E-state index in [-0.39, 0.29) is 5.28 Å². The first-order valence-corrected chi connectivity index (χ1v) is 6.93. The normalized spacial score (nSPS) is 19.3. The Labute approximate surface area is 113 Å². The summed E-state index contributed by atoms with van der Waals surface area (Å²) in [5.74, 6) is 2.08. The molecular weight excluding hydrogens is 250 g/mol. The number of anilines is 2. The number of aromatic nitrogens is 3. The first-order chi connectivity index (χ1) is 8.63. The van der Waals surface area contributed by atoms with Gasteiger partial charge < -0.3 is 9.80 Å². The van der Waals surface area contributed by atoms with Gasteiger partial charge in [0.25, 0.3) is 0 Å². The lowest BCUT2D eigenvalue weighted by Crippen LogP contribution is -2.27. The predicted octanol–water partition coefficient (Wildman–Crippen LogP) is 2.22. The van der Waals surface area contributed by atoms with Gasteiger partial charge in [-0.3, -0.25) is 0 Å². The zero-order chi connectivity index (χ0) is 13.1. The molecule has 18 heavy (non-hydrogen) atoms. The molecule has 1 fully saturated rings. The van der Waals surface area contributed by atoms with Crippen molar-refractivity contribution in [2.75, 3.05) is 36.0 Å². The van der Waals surface area contributed by atoms with Crippen molar-refractivity contribution in [2.24, 2.45) is 5.92 Å². The van der Waals surface area contributed by atoms with Crippen molar-refractivity contribution in [1.29, 1.82) is 0 Å². The van der Waals surface area contributed by atoms with Crippen LogP contribution in [0.25, 0.3) is 0 Å². The molecule has 0 radical (unpaired) electrons. The molecule has 1 aromatic rings. The average molecular weight is 270 g/mol. The highest BCUT2D eigenvalue weighted by Crippen LogP contribution is 2.22. The van der Waals surface area contributed by atoms with Crippen LogP contribution in [0, 0.1) is 5.92 Å². The van der Waals surface area contributed by atoms with Crippen molar-refractivity contribution in [3.63, 3.8) is 0 Å². The first kappa shape index (κ1) is 13.3. The van der Waals surface area contributed by atoms with Gasteiger partial charge >= 0.3 is 0 Å². The third-order valence-electron chi connectivity index (χ3n) is 3.34. The standard InChI is InChI=1S/C12H20ClN5/c1-4-17(5-2)11-14-10(13)15-12(16-11)18-7-6-9(3)8-18/h9H,4-8H2,1-3H3. The van der Waals surface area contributed by atoms with Crippen LogP contribution < -0.4 is 9.80 Å². The topological polar surface area (TPSA) is 45.2 Å². The molecule has 0 amide bonds. The third-order valence-corrected chi connectivity index (χ3v) is 3.51. The lowest BCUT2D eigenvalue weighted by atomic mass is 10.2. The Morgan fingerprint density at radius 2 is 2.00 bits per heavy atom. The van der Waals surface area contributed by atoms with Crippen LogP contribution in [-0.2, 0) is 0 Å². The van der Waals surface area contributed by atoms with Gasteiger partial charge in [-0.2, -0.15) is 15.0 Å². The van der Waals surface area contributed by atoms with Crippen LogP contribution in [-0.4, -0.2) is 41.1 Å². The fraction of sp³-hybridized carbons (Fsp3) is 0.750. The molecular formula is C12H20ClN5. The quantitative estimate of drug-likeness (QED) is 0.839. The maximum absolute atomic E-state index is 6.01. The van der Waals surface area contributed by atoms with Crippen LogP contribution in [0.1, 0.15) is 27.2 Å². The summed E-state index contributed by atoms with van der Waals surface area (Å²) in [6.07, 6.45) is 1.18. The van der Waals surface area contributed by atoms with E-state index in [2.05, 4.69) is 45.5 Å². The summed E-state index contributed by atoms with van der Waals surface area (Å²) in [6.45, 7) is 10.1. The lowest BCUT2D eigenvalue weighted by Gasteiger charge is -2.21. The highest BCUT2D eigenvalue weighted by molar-refractivity contribution is 6.28. The van der Waals surface area contributed by atoms with Crippen molar-refractivity contribution in [3.05, 3.63) is 5.28 Å². The van der Waals surface area contributed by atoms with Gasteiger partial charge in [0, 0.05) is 26.2 Å². The second kappa shape index (κ2) is 5.69. The fourth-order valence-corrected chi connectivity index (χ4v) is 2.39. The van der Waals surface area contributed by atoms with E-state index in [1.807, 2.05) is 0 Å². The molecule has 0 saturated carbocycles. The number of nitrogens with zero attached hydrogens (tertiary/aromatic N) is 5. The second-order valence-electron chi connectivity index (χ2n) is 4.72. The van der Waals surface area contributed by atoms with Crippen molar-refractivity contribution in [2.45, 2.75) is 27.2 Å². The molecule has 1 aliphatic rings. The molecule has 1 unspecified atom stereocenters. The van der Waals surface area contributed by atoms with Gasteiger partial charge in [-0.05, 0) is 37.8 Å². The minimum absolute atomic E-state index is 0.279. The molecule has 1 aromatic heterocycles. The van der Waals surface area contributed by atoms with Crippen LogP contribution in [0.15, 0.2) is 0 Å². The largest absolute Gasteiger partial charge is 0.341 e. The Morgan fingerprint density at radius 1 is 1.28 bits per heavy atom. The minimum Gasteiger partial charge on any atom is -0.341 e. The molecule has 0 aliphatic carbocycles. The Morgan fingerprint density at radius 3 is 2.56 bits per heavy atom.